The van der Waals surface area contributed by atoms with E-state index < -0.39 is 5.54 Å². The molecule has 0 aliphatic heterocycles. The fraction of sp³-hybridized carbons (Fsp3) is 0.941. The summed E-state index contributed by atoms with van der Waals surface area (Å²) < 4.78 is 4.93. The lowest BCUT2D eigenvalue weighted by Crippen LogP contribution is -2.52. The molecule has 2 rings (SSSR count). The molecule has 4 nitrogen and oxygen atoms in total. The van der Waals surface area contributed by atoms with E-state index in [1.54, 1.807) is 0 Å². The van der Waals surface area contributed by atoms with Gasteiger partial charge in [0.15, 0.2) is 0 Å². The standard InChI is InChI=1S/C17H32N2O2/c1-19(15-9-5-3-4-6-10-15)13-11-14-8-7-12-17(14,18)16(20)21-2/h14-15H,3-13,18H2,1-2H3. The van der Waals surface area contributed by atoms with Crippen molar-refractivity contribution in [2.45, 2.75) is 75.8 Å². The molecule has 2 unspecified atom stereocenters. The van der Waals surface area contributed by atoms with Crippen molar-refractivity contribution in [1.82, 2.24) is 4.90 Å². The first-order valence-electron chi connectivity index (χ1n) is 8.65. The highest BCUT2D eigenvalue weighted by Crippen LogP contribution is 2.37. The van der Waals surface area contributed by atoms with Crippen LogP contribution in [0.2, 0.25) is 0 Å². The van der Waals surface area contributed by atoms with Crippen LogP contribution in [0.25, 0.3) is 0 Å². The van der Waals surface area contributed by atoms with E-state index in [1.165, 1.54) is 45.6 Å². The van der Waals surface area contributed by atoms with Crippen LogP contribution >= 0.6 is 0 Å². The Kier molecular flexibility index (Phi) is 6.06. The molecule has 122 valence electrons. The van der Waals surface area contributed by atoms with Gasteiger partial charge in [-0.3, -0.25) is 4.79 Å². The van der Waals surface area contributed by atoms with E-state index >= 15 is 0 Å². The van der Waals surface area contributed by atoms with Crippen LogP contribution in [-0.4, -0.2) is 43.2 Å². The molecule has 2 N–H and O–H groups in total. The molecule has 4 heteroatoms. The number of methoxy groups -OCH3 is 1. The van der Waals surface area contributed by atoms with E-state index in [0.717, 1.165) is 38.3 Å². The number of ether oxygens (including phenoxy) is 1. The molecule has 0 heterocycles. The highest BCUT2D eigenvalue weighted by atomic mass is 16.5. The second-order valence-electron chi connectivity index (χ2n) is 7.04. The third kappa shape index (κ3) is 3.98. The van der Waals surface area contributed by atoms with Crippen molar-refractivity contribution in [3.05, 3.63) is 0 Å². The molecule has 21 heavy (non-hydrogen) atoms. The molecule has 0 bridgehead atoms. The number of hydrogen-bond acceptors (Lipinski definition) is 4. The van der Waals surface area contributed by atoms with Crippen molar-refractivity contribution in [3.63, 3.8) is 0 Å². The average molecular weight is 296 g/mol. The lowest BCUT2D eigenvalue weighted by molar-refractivity contribution is -0.148. The Bertz CT molecular complexity index is 340. The minimum atomic E-state index is -0.737. The number of nitrogens with zero attached hydrogens (tertiary/aromatic N) is 1. The summed E-state index contributed by atoms with van der Waals surface area (Å²) in [7, 11) is 3.69. The predicted octanol–water partition coefficient (Wildman–Crippen LogP) is 2.70. The first kappa shape index (κ1) is 16.8. The zero-order valence-electron chi connectivity index (χ0n) is 13.8. The molecule has 0 aromatic rings. The Morgan fingerprint density at radius 2 is 1.86 bits per heavy atom. The second kappa shape index (κ2) is 7.59. The Morgan fingerprint density at radius 3 is 2.48 bits per heavy atom. The maximum Gasteiger partial charge on any atom is 0.326 e. The van der Waals surface area contributed by atoms with E-state index in [-0.39, 0.29) is 11.9 Å². The van der Waals surface area contributed by atoms with Gasteiger partial charge in [-0.05, 0) is 51.6 Å². The second-order valence-corrected chi connectivity index (χ2v) is 7.04. The summed E-state index contributed by atoms with van der Waals surface area (Å²) in [5, 5.41) is 0. The largest absolute Gasteiger partial charge is 0.468 e. The minimum absolute atomic E-state index is 0.220. The fourth-order valence-corrected chi connectivity index (χ4v) is 4.20. The number of esters is 1. The van der Waals surface area contributed by atoms with E-state index in [4.69, 9.17) is 10.5 Å². The topological polar surface area (TPSA) is 55.6 Å². The van der Waals surface area contributed by atoms with Crippen LogP contribution < -0.4 is 5.73 Å². The van der Waals surface area contributed by atoms with Crippen LogP contribution in [0.3, 0.4) is 0 Å². The third-order valence-corrected chi connectivity index (χ3v) is 5.72. The molecule has 0 radical (unpaired) electrons. The summed E-state index contributed by atoms with van der Waals surface area (Å²) in [4.78, 5) is 14.5. The Labute approximate surface area is 129 Å². The van der Waals surface area contributed by atoms with Gasteiger partial charge in [0.25, 0.3) is 0 Å². The summed E-state index contributed by atoms with van der Waals surface area (Å²) in [6.45, 7) is 1.05. The van der Waals surface area contributed by atoms with Crippen molar-refractivity contribution in [2.75, 3.05) is 20.7 Å². The Morgan fingerprint density at radius 1 is 1.19 bits per heavy atom. The molecule has 2 saturated carbocycles. The van der Waals surface area contributed by atoms with E-state index in [1.807, 2.05) is 0 Å². The van der Waals surface area contributed by atoms with Crippen LogP contribution in [0, 0.1) is 5.92 Å². The molecule has 0 spiro atoms. The fourth-order valence-electron chi connectivity index (χ4n) is 4.20. The molecular formula is C17H32N2O2. The number of rotatable bonds is 5. The molecule has 2 aliphatic rings. The van der Waals surface area contributed by atoms with Gasteiger partial charge < -0.3 is 15.4 Å². The zero-order valence-corrected chi connectivity index (χ0v) is 13.8. The van der Waals surface area contributed by atoms with E-state index in [0.29, 0.717) is 0 Å². The maximum atomic E-state index is 12.0. The number of carbonyl (C=O) groups excluding carboxylic acids is 1. The van der Waals surface area contributed by atoms with Gasteiger partial charge in [0, 0.05) is 6.04 Å². The van der Waals surface area contributed by atoms with E-state index in [2.05, 4.69) is 11.9 Å². The molecule has 0 aromatic heterocycles. The smallest absolute Gasteiger partial charge is 0.326 e. The van der Waals surface area contributed by atoms with Crippen molar-refractivity contribution >= 4 is 5.97 Å². The van der Waals surface area contributed by atoms with E-state index in [9.17, 15) is 4.79 Å². The van der Waals surface area contributed by atoms with Crippen LogP contribution in [0.1, 0.15) is 64.2 Å². The van der Waals surface area contributed by atoms with Crippen LogP contribution in [-0.2, 0) is 9.53 Å². The van der Waals surface area contributed by atoms with Gasteiger partial charge in [0.05, 0.1) is 7.11 Å². The normalized spacial score (nSPS) is 31.3. The SMILES string of the molecule is COC(=O)C1(N)CCCC1CCN(C)C1CCCCCC1. The van der Waals surface area contributed by atoms with Crippen LogP contribution in [0.5, 0.6) is 0 Å². The highest BCUT2D eigenvalue weighted by Gasteiger charge is 2.46. The van der Waals surface area contributed by atoms with Crippen molar-refractivity contribution in [3.8, 4) is 0 Å². The number of carbonyl (C=O) groups is 1. The van der Waals surface area contributed by atoms with Gasteiger partial charge in [-0.15, -0.1) is 0 Å². The zero-order chi connectivity index (χ0) is 15.3. The summed E-state index contributed by atoms with van der Waals surface area (Å²) in [6.07, 6.45) is 12.0. The lowest BCUT2D eigenvalue weighted by atomic mass is 9.85. The maximum absolute atomic E-state index is 12.0. The highest BCUT2D eigenvalue weighted by molar-refractivity contribution is 5.81. The van der Waals surface area contributed by atoms with Crippen molar-refractivity contribution < 1.29 is 9.53 Å². The van der Waals surface area contributed by atoms with Crippen molar-refractivity contribution in [2.24, 2.45) is 11.7 Å². The third-order valence-electron chi connectivity index (χ3n) is 5.72. The van der Waals surface area contributed by atoms with Crippen LogP contribution in [0.15, 0.2) is 0 Å². The first-order valence-corrected chi connectivity index (χ1v) is 8.65. The van der Waals surface area contributed by atoms with Crippen molar-refractivity contribution in [1.29, 1.82) is 0 Å². The summed E-state index contributed by atoms with van der Waals surface area (Å²) in [5.41, 5.74) is 5.62. The minimum Gasteiger partial charge on any atom is -0.468 e. The Balaban J connectivity index is 1.85. The summed E-state index contributed by atoms with van der Waals surface area (Å²) >= 11 is 0. The molecule has 2 fully saturated rings. The predicted molar refractivity (Wildman–Crippen MR) is 85.0 cm³/mol. The molecule has 2 aliphatic carbocycles. The van der Waals surface area contributed by atoms with Gasteiger partial charge in [-0.25, -0.2) is 0 Å². The van der Waals surface area contributed by atoms with Gasteiger partial charge in [0.1, 0.15) is 5.54 Å². The lowest BCUT2D eigenvalue weighted by Gasteiger charge is -2.32. The number of hydrogen-bond donors (Lipinski definition) is 1. The van der Waals surface area contributed by atoms with Gasteiger partial charge >= 0.3 is 5.97 Å². The van der Waals surface area contributed by atoms with Gasteiger partial charge in [-0.2, -0.15) is 0 Å². The summed E-state index contributed by atoms with van der Waals surface area (Å²) in [6, 6.07) is 0.721. The summed E-state index contributed by atoms with van der Waals surface area (Å²) in [5.74, 6) is 0.0558. The van der Waals surface area contributed by atoms with Crippen LogP contribution in [0.4, 0.5) is 0 Å². The Hall–Kier alpha value is -0.610. The molecule has 2 atom stereocenters. The van der Waals surface area contributed by atoms with Gasteiger partial charge in [0.2, 0.25) is 0 Å². The quantitative estimate of drug-likeness (QED) is 0.626. The molecule has 0 saturated heterocycles. The average Bonchev–Trinajstić information content (AvgIpc) is 2.70. The number of nitrogens with two attached hydrogens (primary N) is 1. The monoisotopic (exact) mass is 296 g/mol. The molecular weight excluding hydrogens is 264 g/mol. The molecule has 0 aromatic carbocycles. The molecule has 0 amide bonds. The van der Waals surface area contributed by atoms with Gasteiger partial charge in [-0.1, -0.05) is 32.1 Å². The first-order chi connectivity index (χ1) is 10.1.